The molecule has 1 N–H and O–H groups in total. The molecule has 0 saturated carbocycles. The van der Waals surface area contributed by atoms with E-state index in [0.717, 1.165) is 0 Å². The number of ether oxygens (including phenoxy) is 2. The third-order valence-corrected chi connectivity index (χ3v) is 3.81. The molecule has 2 aromatic carbocycles. The number of nitrogens with one attached hydrogen (secondary N) is 1. The van der Waals surface area contributed by atoms with Crippen molar-refractivity contribution in [3.63, 3.8) is 0 Å². The Labute approximate surface area is 158 Å². The van der Waals surface area contributed by atoms with Crippen LogP contribution in [0.5, 0.6) is 11.5 Å². The van der Waals surface area contributed by atoms with Crippen LogP contribution < -0.4 is 14.8 Å². The third kappa shape index (κ3) is 4.25. The van der Waals surface area contributed by atoms with Crippen LogP contribution >= 0.6 is 23.2 Å². The molecule has 1 heterocycles. The molecule has 0 bridgehead atoms. The second-order valence-corrected chi connectivity index (χ2v) is 5.87. The number of anilines is 1. The van der Waals surface area contributed by atoms with Crippen molar-refractivity contribution in [1.82, 2.24) is 10.2 Å². The van der Waals surface area contributed by atoms with Gasteiger partial charge in [-0.05, 0) is 30.3 Å². The highest BCUT2D eigenvalue weighted by Crippen LogP contribution is 2.30. The van der Waals surface area contributed by atoms with Crippen LogP contribution in [-0.2, 0) is 4.79 Å². The maximum atomic E-state index is 12.0. The Morgan fingerprint density at radius 1 is 1.15 bits per heavy atom. The fraction of sp³-hybridized carbons (Fsp3) is 0.118. The molecule has 0 aliphatic heterocycles. The normalized spacial score (nSPS) is 10.4. The third-order valence-electron chi connectivity index (χ3n) is 3.26. The fourth-order valence-electron chi connectivity index (χ4n) is 2.08. The standard InChI is InChI=1S/C17H13Cl2N3O4/c1-24-13-4-2-3-5-14(13)25-9-15(23)20-17-22-21-16(26-17)11-7-6-10(18)8-12(11)19/h2-8H,9H2,1H3,(H,20,22,23). The molecule has 0 aliphatic rings. The van der Waals surface area contributed by atoms with E-state index in [1.165, 1.54) is 7.11 Å². The van der Waals surface area contributed by atoms with E-state index in [1.54, 1.807) is 42.5 Å². The Morgan fingerprint density at radius 3 is 2.65 bits per heavy atom. The summed E-state index contributed by atoms with van der Waals surface area (Å²) < 4.78 is 16.0. The van der Waals surface area contributed by atoms with Crippen LogP contribution in [0.25, 0.3) is 11.5 Å². The van der Waals surface area contributed by atoms with Gasteiger partial charge in [-0.15, -0.1) is 5.10 Å². The molecule has 3 aromatic rings. The van der Waals surface area contributed by atoms with E-state index in [1.807, 2.05) is 0 Å². The van der Waals surface area contributed by atoms with Crippen molar-refractivity contribution in [2.75, 3.05) is 19.0 Å². The molecule has 26 heavy (non-hydrogen) atoms. The van der Waals surface area contributed by atoms with Gasteiger partial charge in [0.05, 0.1) is 17.7 Å². The van der Waals surface area contributed by atoms with Gasteiger partial charge in [-0.1, -0.05) is 40.4 Å². The summed E-state index contributed by atoms with van der Waals surface area (Å²) in [5.74, 6) is 0.669. The Hall–Kier alpha value is -2.77. The zero-order chi connectivity index (χ0) is 18.5. The number of rotatable bonds is 6. The van der Waals surface area contributed by atoms with Crippen LogP contribution in [-0.4, -0.2) is 29.8 Å². The first-order valence-corrected chi connectivity index (χ1v) is 8.17. The highest BCUT2D eigenvalue weighted by atomic mass is 35.5. The van der Waals surface area contributed by atoms with Gasteiger partial charge in [0, 0.05) is 5.02 Å². The maximum absolute atomic E-state index is 12.0. The molecule has 0 radical (unpaired) electrons. The number of amides is 1. The van der Waals surface area contributed by atoms with Gasteiger partial charge in [0.25, 0.3) is 11.8 Å². The molecular formula is C17H13Cl2N3O4. The number of benzene rings is 2. The smallest absolute Gasteiger partial charge is 0.322 e. The summed E-state index contributed by atoms with van der Waals surface area (Å²) in [6.07, 6.45) is 0. The minimum absolute atomic E-state index is 0.0698. The topological polar surface area (TPSA) is 86.5 Å². The first kappa shape index (κ1) is 18.0. The van der Waals surface area contributed by atoms with E-state index in [2.05, 4.69) is 15.5 Å². The number of hydrogen-bond donors (Lipinski definition) is 1. The molecule has 1 aromatic heterocycles. The zero-order valence-electron chi connectivity index (χ0n) is 13.5. The highest BCUT2D eigenvalue weighted by Gasteiger charge is 2.15. The highest BCUT2D eigenvalue weighted by molar-refractivity contribution is 6.36. The van der Waals surface area contributed by atoms with Crippen LogP contribution in [0.4, 0.5) is 6.01 Å². The first-order chi connectivity index (χ1) is 12.6. The van der Waals surface area contributed by atoms with E-state index >= 15 is 0 Å². The lowest BCUT2D eigenvalue weighted by Gasteiger charge is -2.09. The summed E-state index contributed by atoms with van der Waals surface area (Å²) in [6, 6.07) is 11.8. The molecule has 1 amide bonds. The molecule has 0 spiro atoms. The molecule has 0 atom stereocenters. The second-order valence-electron chi connectivity index (χ2n) is 5.02. The van der Waals surface area contributed by atoms with Gasteiger partial charge in [-0.3, -0.25) is 10.1 Å². The van der Waals surface area contributed by atoms with Gasteiger partial charge >= 0.3 is 6.01 Å². The van der Waals surface area contributed by atoms with Crippen molar-refractivity contribution >= 4 is 35.1 Å². The largest absolute Gasteiger partial charge is 0.493 e. The lowest BCUT2D eigenvalue weighted by molar-refractivity contribution is -0.118. The average Bonchev–Trinajstić information content (AvgIpc) is 3.08. The molecule has 7 nitrogen and oxygen atoms in total. The Morgan fingerprint density at radius 2 is 1.92 bits per heavy atom. The van der Waals surface area contributed by atoms with Gasteiger partial charge in [0.2, 0.25) is 0 Å². The van der Waals surface area contributed by atoms with Crippen LogP contribution in [0.2, 0.25) is 10.0 Å². The lowest BCUT2D eigenvalue weighted by Crippen LogP contribution is -2.20. The number of carbonyl (C=O) groups excluding carboxylic acids is 1. The van der Waals surface area contributed by atoms with Crippen molar-refractivity contribution in [2.45, 2.75) is 0 Å². The minimum atomic E-state index is -0.465. The number of hydrogen-bond acceptors (Lipinski definition) is 6. The molecule has 0 unspecified atom stereocenters. The summed E-state index contributed by atoms with van der Waals surface area (Å²) >= 11 is 11.9. The molecule has 9 heteroatoms. The Balaban J connectivity index is 1.63. The van der Waals surface area contributed by atoms with Crippen LogP contribution in [0.1, 0.15) is 0 Å². The van der Waals surface area contributed by atoms with Gasteiger partial charge < -0.3 is 13.9 Å². The number of carbonyl (C=O) groups is 1. The second kappa shape index (κ2) is 8.07. The van der Waals surface area contributed by atoms with E-state index in [4.69, 9.17) is 37.1 Å². The Bertz CT molecular complexity index is 930. The lowest BCUT2D eigenvalue weighted by atomic mass is 10.2. The molecular weight excluding hydrogens is 381 g/mol. The van der Waals surface area contributed by atoms with E-state index < -0.39 is 5.91 Å². The summed E-state index contributed by atoms with van der Waals surface area (Å²) in [7, 11) is 1.52. The zero-order valence-corrected chi connectivity index (χ0v) is 15.0. The van der Waals surface area contributed by atoms with E-state index in [9.17, 15) is 4.79 Å². The van der Waals surface area contributed by atoms with Crippen LogP contribution in [0.15, 0.2) is 46.9 Å². The van der Waals surface area contributed by atoms with Crippen molar-refractivity contribution < 1.29 is 18.7 Å². The number of halogens is 2. The Kier molecular flexibility index (Phi) is 5.60. The van der Waals surface area contributed by atoms with Crippen molar-refractivity contribution in [3.8, 4) is 23.0 Å². The average molecular weight is 394 g/mol. The fourth-order valence-corrected chi connectivity index (χ4v) is 2.57. The number of para-hydroxylation sites is 2. The quantitative estimate of drug-likeness (QED) is 0.678. The van der Waals surface area contributed by atoms with E-state index in [-0.39, 0.29) is 18.5 Å². The van der Waals surface area contributed by atoms with Gasteiger partial charge in [-0.25, -0.2) is 0 Å². The monoisotopic (exact) mass is 393 g/mol. The summed E-state index contributed by atoms with van der Waals surface area (Å²) in [5.41, 5.74) is 0.509. The molecule has 3 rings (SSSR count). The van der Waals surface area contributed by atoms with Crippen molar-refractivity contribution in [2.24, 2.45) is 0 Å². The maximum Gasteiger partial charge on any atom is 0.322 e. The summed E-state index contributed by atoms with van der Waals surface area (Å²) in [6.45, 7) is -0.250. The van der Waals surface area contributed by atoms with Crippen molar-refractivity contribution in [1.29, 1.82) is 0 Å². The van der Waals surface area contributed by atoms with Crippen LogP contribution in [0, 0.1) is 0 Å². The minimum Gasteiger partial charge on any atom is -0.493 e. The molecule has 0 aliphatic carbocycles. The predicted molar refractivity (Wildman–Crippen MR) is 96.9 cm³/mol. The van der Waals surface area contributed by atoms with Gasteiger partial charge in [0.1, 0.15) is 0 Å². The first-order valence-electron chi connectivity index (χ1n) is 7.41. The van der Waals surface area contributed by atoms with Crippen molar-refractivity contribution in [3.05, 3.63) is 52.5 Å². The van der Waals surface area contributed by atoms with Crippen LogP contribution in [0.3, 0.4) is 0 Å². The van der Waals surface area contributed by atoms with Gasteiger partial charge in [-0.2, -0.15) is 0 Å². The number of aromatic nitrogens is 2. The van der Waals surface area contributed by atoms with E-state index in [0.29, 0.717) is 27.1 Å². The summed E-state index contributed by atoms with van der Waals surface area (Å²) in [4.78, 5) is 12.0. The predicted octanol–water partition coefficient (Wildman–Crippen LogP) is 4.07. The van der Waals surface area contributed by atoms with Gasteiger partial charge in [0.15, 0.2) is 18.1 Å². The summed E-state index contributed by atoms with van der Waals surface area (Å²) in [5, 5.41) is 10.9. The molecule has 0 fully saturated rings. The molecule has 134 valence electrons. The SMILES string of the molecule is COc1ccccc1OCC(=O)Nc1nnc(-c2ccc(Cl)cc2Cl)o1. The number of methoxy groups -OCH3 is 1. The number of nitrogens with zero attached hydrogens (tertiary/aromatic N) is 2. The molecule has 0 saturated heterocycles.